The Hall–Kier alpha value is -4.43. The number of rotatable bonds is 10. The van der Waals surface area contributed by atoms with Gasteiger partial charge in [-0.1, -0.05) is 66.7 Å². The minimum Gasteiger partial charge on any atom is -0.352 e. The van der Waals surface area contributed by atoms with E-state index in [9.17, 15) is 18.0 Å². The van der Waals surface area contributed by atoms with E-state index in [0.717, 1.165) is 22.9 Å². The van der Waals surface area contributed by atoms with Crippen molar-refractivity contribution in [1.82, 2.24) is 5.32 Å². The molecule has 2 amide bonds. The van der Waals surface area contributed by atoms with Crippen molar-refractivity contribution >= 4 is 33.2 Å². The molecule has 0 spiro atoms. The molecule has 7 nitrogen and oxygen atoms in total. The van der Waals surface area contributed by atoms with Crippen molar-refractivity contribution < 1.29 is 18.0 Å². The lowest BCUT2D eigenvalue weighted by Gasteiger charge is -2.23. The lowest BCUT2D eigenvalue weighted by molar-refractivity contribution is 0.0955. The first-order valence-electron chi connectivity index (χ1n) is 12.6. The molecular formula is C31H31N3O4S. The van der Waals surface area contributed by atoms with Gasteiger partial charge in [0.1, 0.15) is 0 Å². The molecule has 0 bridgehead atoms. The number of anilines is 2. The number of nitrogens with one attached hydrogen (secondary N) is 2. The van der Waals surface area contributed by atoms with Gasteiger partial charge in [0, 0.05) is 12.1 Å². The second-order valence-corrected chi connectivity index (χ2v) is 11.1. The van der Waals surface area contributed by atoms with E-state index in [0.29, 0.717) is 35.5 Å². The average Bonchev–Trinajstić information content (AvgIpc) is 2.93. The van der Waals surface area contributed by atoms with Crippen LogP contribution in [0.2, 0.25) is 0 Å². The van der Waals surface area contributed by atoms with Crippen LogP contribution in [-0.4, -0.2) is 33.0 Å². The average molecular weight is 542 g/mol. The van der Waals surface area contributed by atoms with Gasteiger partial charge in [0.05, 0.1) is 29.7 Å². The van der Waals surface area contributed by atoms with Gasteiger partial charge in [-0.05, 0) is 66.4 Å². The van der Waals surface area contributed by atoms with Crippen LogP contribution in [0, 0.1) is 6.92 Å². The van der Waals surface area contributed by atoms with Gasteiger partial charge in [0.25, 0.3) is 11.8 Å². The van der Waals surface area contributed by atoms with Crippen molar-refractivity contribution in [3.05, 3.63) is 131 Å². The Bertz CT molecular complexity index is 1550. The van der Waals surface area contributed by atoms with Crippen molar-refractivity contribution in [2.45, 2.75) is 19.9 Å². The van der Waals surface area contributed by atoms with Crippen LogP contribution in [0.1, 0.15) is 37.4 Å². The third-order valence-electron chi connectivity index (χ3n) is 6.35. The maximum atomic E-state index is 13.0. The zero-order valence-corrected chi connectivity index (χ0v) is 22.7. The lowest BCUT2D eigenvalue weighted by atomic mass is 10.1. The Kier molecular flexibility index (Phi) is 8.78. The molecule has 0 aliphatic rings. The summed E-state index contributed by atoms with van der Waals surface area (Å²) in [6, 6.07) is 30.7. The number of carbonyl (C=O) groups is 2. The van der Waals surface area contributed by atoms with Crippen molar-refractivity contribution in [1.29, 1.82) is 0 Å². The number of hydrogen-bond donors (Lipinski definition) is 2. The summed E-state index contributed by atoms with van der Waals surface area (Å²) in [4.78, 5) is 25.9. The van der Waals surface area contributed by atoms with E-state index in [1.54, 1.807) is 48.5 Å². The molecule has 0 saturated heterocycles. The minimum atomic E-state index is -3.57. The highest BCUT2D eigenvalue weighted by molar-refractivity contribution is 7.92. The molecule has 0 atom stereocenters. The number of aryl methyl sites for hydroxylation is 1. The maximum Gasteiger partial charge on any atom is 0.255 e. The second-order valence-electron chi connectivity index (χ2n) is 9.23. The van der Waals surface area contributed by atoms with Crippen molar-refractivity contribution in [3.63, 3.8) is 0 Å². The van der Waals surface area contributed by atoms with E-state index in [4.69, 9.17) is 0 Å². The summed E-state index contributed by atoms with van der Waals surface area (Å²) in [5, 5.41) is 5.72. The molecule has 0 heterocycles. The highest BCUT2D eigenvalue weighted by Gasteiger charge is 2.20. The molecule has 200 valence electrons. The van der Waals surface area contributed by atoms with Crippen molar-refractivity contribution in [2.24, 2.45) is 0 Å². The van der Waals surface area contributed by atoms with Crippen LogP contribution >= 0.6 is 0 Å². The van der Waals surface area contributed by atoms with Gasteiger partial charge in [-0.25, -0.2) is 8.42 Å². The SMILES string of the molecule is Cc1ccccc1CN(c1ccc(C(=O)Nc2ccccc2C(=O)NCCc2ccccc2)cc1)S(C)(=O)=O. The molecule has 8 heteroatoms. The van der Waals surface area contributed by atoms with Gasteiger partial charge in [-0.15, -0.1) is 0 Å². The van der Waals surface area contributed by atoms with E-state index in [2.05, 4.69) is 10.6 Å². The van der Waals surface area contributed by atoms with E-state index >= 15 is 0 Å². The van der Waals surface area contributed by atoms with Crippen LogP contribution in [0.15, 0.2) is 103 Å². The number of nitrogens with zero attached hydrogens (tertiary/aromatic N) is 1. The first-order valence-corrected chi connectivity index (χ1v) is 14.4. The molecule has 4 aromatic rings. The molecule has 0 fully saturated rings. The van der Waals surface area contributed by atoms with Crippen molar-refractivity contribution in [2.75, 3.05) is 22.4 Å². The summed E-state index contributed by atoms with van der Waals surface area (Å²) < 4.78 is 26.5. The summed E-state index contributed by atoms with van der Waals surface area (Å²) in [5.74, 6) is -0.687. The number of benzene rings is 4. The van der Waals surface area contributed by atoms with Gasteiger partial charge >= 0.3 is 0 Å². The van der Waals surface area contributed by atoms with Crippen LogP contribution in [-0.2, 0) is 23.0 Å². The summed E-state index contributed by atoms with van der Waals surface area (Å²) in [7, 11) is -3.57. The molecule has 4 rings (SSSR count). The third kappa shape index (κ3) is 7.33. The summed E-state index contributed by atoms with van der Waals surface area (Å²) in [6.07, 6.45) is 1.86. The molecule has 0 aliphatic heterocycles. The summed E-state index contributed by atoms with van der Waals surface area (Å²) in [6.45, 7) is 2.58. The Morgan fingerprint density at radius 3 is 2.10 bits per heavy atom. The van der Waals surface area contributed by atoms with E-state index < -0.39 is 15.9 Å². The first-order chi connectivity index (χ1) is 18.7. The normalized spacial score (nSPS) is 11.0. The predicted molar refractivity (Wildman–Crippen MR) is 156 cm³/mol. The molecule has 0 unspecified atom stereocenters. The molecule has 39 heavy (non-hydrogen) atoms. The largest absolute Gasteiger partial charge is 0.352 e. The molecule has 2 N–H and O–H groups in total. The van der Waals surface area contributed by atoms with Crippen LogP contribution < -0.4 is 14.9 Å². The fourth-order valence-electron chi connectivity index (χ4n) is 4.17. The summed E-state index contributed by atoms with van der Waals surface area (Å²) >= 11 is 0. The highest BCUT2D eigenvalue weighted by Crippen LogP contribution is 2.23. The summed E-state index contributed by atoms with van der Waals surface area (Å²) in [5.41, 5.74) is 4.54. The van der Waals surface area contributed by atoms with E-state index in [1.807, 2.05) is 61.5 Å². The Morgan fingerprint density at radius 1 is 0.769 bits per heavy atom. The number of hydrogen-bond acceptors (Lipinski definition) is 4. The van der Waals surface area contributed by atoms with Gasteiger partial charge in [-0.3, -0.25) is 13.9 Å². The number of sulfonamides is 1. The van der Waals surface area contributed by atoms with Gasteiger partial charge in [0.15, 0.2) is 0 Å². The smallest absolute Gasteiger partial charge is 0.255 e. The van der Waals surface area contributed by atoms with E-state index in [-0.39, 0.29) is 12.5 Å². The number of carbonyl (C=O) groups excluding carboxylic acids is 2. The van der Waals surface area contributed by atoms with Crippen LogP contribution in [0.5, 0.6) is 0 Å². The van der Waals surface area contributed by atoms with Crippen LogP contribution in [0.3, 0.4) is 0 Å². The quantitative estimate of drug-likeness (QED) is 0.289. The molecule has 4 aromatic carbocycles. The molecular weight excluding hydrogens is 510 g/mol. The maximum absolute atomic E-state index is 13.0. The Balaban J connectivity index is 1.45. The fourth-order valence-corrected chi connectivity index (χ4v) is 5.04. The van der Waals surface area contributed by atoms with E-state index in [1.165, 1.54) is 4.31 Å². The minimum absolute atomic E-state index is 0.184. The Morgan fingerprint density at radius 2 is 1.41 bits per heavy atom. The molecule has 0 saturated carbocycles. The van der Waals surface area contributed by atoms with Crippen LogP contribution in [0.4, 0.5) is 11.4 Å². The molecule has 0 aliphatic carbocycles. The highest BCUT2D eigenvalue weighted by atomic mass is 32.2. The van der Waals surface area contributed by atoms with Gasteiger partial charge < -0.3 is 10.6 Å². The lowest BCUT2D eigenvalue weighted by Crippen LogP contribution is -2.29. The Labute approximate surface area is 229 Å². The standard InChI is InChI=1S/C31H31N3O4S/c1-23-10-6-7-13-26(23)22-34(39(2,37)38)27-18-16-25(17-19-27)30(35)33-29-15-9-8-14-28(29)31(36)32-21-20-24-11-4-3-5-12-24/h3-19H,20-22H2,1-2H3,(H,32,36)(H,33,35). The fraction of sp³-hybridized carbons (Fsp3) is 0.161. The zero-order chi connectivity index (χ0) is 27.8. The number of para-hydroxylation sites is 1. The molecule has 0 aromatic heterocycles. The van der Waals surface area contributed by atoms with Crippen LogP contribution in [0.25, 0.3) is 0 Å². The first kappa shape index (κ1) is 27.6. The second kappa shape index (κ2) is 12.4. The molecule has 0 radical (unpaired) electrons. The predicted octanol–water partition coefficient (Wildman–Crippen LogP) is 5.19. The van der Waals surface area contributed by atoms with Crippen molar-refractivity contribution in [3.8, 4) is 0 Å². The third-order valence-corrected chi connectivity index (χ3v) is 7.50. The van der Waals surface area contributed by atoms with Gasteiger partial charge in [0.2, 0.25) is 10.0 Å². The monoisotopic (exact) mass is 541 g/mol. The topological polar surface area (TPSA) is 95.6 Å². The number of amides is 2. The zero-order valence-electron chi connectivity index (χ0n) is 21.9. The van der Waals surface area contributed by atoms with Gasteiger partial charge in [-0.2, -0.15) is 0 Å².